The summed E-state index contributed by atoms with van der Waals surface area (Å²) in [4.78, 5) is 0.824. The number of hydrogen-bond donors (Lipinski definition) is 0. The Kier molecular flexibility index (Phi) is 2.17. The highest BCUT2D eigenvalue weighted by atomic mass is 127. The summed E-state index contributed by atoms with van der Waals surface area (Å²) in [6, 6.07) is 8.16. The molecule has 0 bridgehead atoms. The van der Waals surface area contributed by atoms with E-state index < -0.39 is 0 Å². The van der Waals surface area contributed by atoms with E-state index in [1.54, 1.807) is 22.2 Å². The molecule has 0 amide bonds. The van der Waals surface area contributed by atoms with E-state index in [-0.39, 0.29) is 0 Å². The van der Waals surface area contributed by atoms with E-state index in [0.717, 1.165) is 15.5 Å². The monoisotopic (exact) mass is 328 g/mol. The summed E-state index contributed by atoms with van der Waals surface area (Å²) in [6.07, 6.45) is 1.62. The van der Waals surface area contributed by atoms with Crippen molar-refractivity contribution in [3.63, 3.8) is 0 Å². The van der Waals surface area contributed by atoms with Crippen molar-refractivity contribution in [3.8, 4) is 10.6 Å². The van der Waals surface area contributed by atoms with E-state index in [1.807, 2.05) is 12.1 Å². The Labute approximate surface area is 103 Å². The van der Waals surface area contributed by atoms with Gasteiger partial charge in [0.2, 0.25) is 4.96 Å². The van der Waals surface area contributed by atoms with E-state index in [1.165, 1.54) is 3.57 Å². The van der Waals surface area contributed by atoms with E-state index in [4.69, 9.17) is 0 Å². The predicted octanol–water partition coefficient (Wildman–Crippen LogP) is 2.46. The first-order chi connectivity index (χ1) is 7.34. The molecule has 2 heterocycles. The fourth-order valence-electron chi connectivity index (χ4n) is 1.30. The highest BCUT2D eigenvalue weighted by Gasteiger charge is 2.09. The zero-order chi connectivity index (χ0) is 10.3. The maximum absolute atomic E-state index is 4.41. The van der Waals surface area contributed by atoms with Crippen molar-refractivity contribution in [1.29, 1.82) is 0 Å². The predicted molar refractivity (Wildman–Crippen MR) is 66.8 cm³/mol. The number of halogens is 1. The van der Waals surface area contributed by atoms with E-state index >= 15 is 0 Å². The lowest BCUT2D eigenvalue weighted by Gasteiger charge is -1.97. The van der Waals surface area contributed by atoms with Crippen LogP contribution in [0, 0.1) is 3.57 Å². The Morgan fingerprint density at radius 2 is 2.13 bits per heavy atom. The molecule has 0 aliphatic rings. The molecule has 6 heteroatoms. The molecule has 4 nitrogen and oxygen atoms in total. The molecule has 0 unspecified atom stereocenters. The summed E-state index contributed by atoms with van der Waals surface area (Å²) < 4.78 is 2.89. The summed E-state index contributed by atoms with van der Waals surface area (Å²) >= 11 is 3.85. The lowest BCUT2D eigenvalue weighted by Crippen LogP contribution is -1.84. The van der Waals surface area contributed by atoms with Gasteiger partial charge in [0.05, 0.1) is 0 Å². The van der Waals surface area contributed by atoms with Crippen molar-refractivity contribution < 1.29 is 0 Å². The van der Waals surface area contributed by atoms with E-state index in [0.29, 0.717) is 0 Å². The van der Waals surface area contributed by atoms with Crippen LogP contribution in [0.25, 0.3) is 15.5 Å². The molecule has 0 aliphatic carbocycles. The van der Waals surface area contributed by atoms with Crippen LogP contribution in [-0.4, -0.2) is 19.8 Å². The van der Waals surface area contributed by atoms with Crippen LogP contribution in [-0.2, 0) is 0 Å². The van der Waals surface area contributed by atoms with Crippen LogP contribution in [0.15, 0.2) is 30.6 Å². The maximum atomic E-state index is 4.41. The number of benzene rings is 1. The van der Waals surface area contributed by atoms with Gasteiger partial charge in [-0.1, -0.05) is 29.5 Å². The second kappa shape index (κ2) is 3.53. The van der Waals surface area contributed by atoms with Crippen LogP contribution in [0.3, 0.4) is 0 Å². The average molecular weight is 328 g/mol. The molecule has 0 spiro atoms. The van der Waals surface area contributed by atoms with Gasteiger partial charge in [0.25, 0.3) is 0 Å². The van der Waals surface area contributed by atoms with Crippen molar-refractivity contribution in [1.82, 2.24) is 19.8 Å². The molecule has 15 heavy (non-hydrogen) atoms. The van der Waals surface area contributed by atoms with Crippen LogP contribution in [0.1, 0.15) is 0 Å². The molecular weight excluding hydrogens is 323 g/mol. The van der Waals surface area contributed by atoms with Gasteiger partial charge in [0, 0.05) is 9.13 Å². The highest BCUT2D eigenvalue weighted by molar-refractivity contribution is 14.1. The molecule has 74 valence electrons. The van der Waals surface area contributed by atoms with Crippen LogP contribution < -0.4 is 0 Å². The zero-order valence-corrected chi connectivity index (χ0v) is 10.4. The molecule has 0 saturated carbocycles. The molecule has 0 saturated heterocycles. The topological polar surface area (TPSA) is 43.1 Å². The molecule has 0 atom stereocenters. The number of rotatable bonds is 1. The fraction of sp³-hybridized carbons (Fsp3) is 0. The molecule has 1 aromatic carbocycles. The normalized spacial score (nSPS) is 11.0. The summed E-state index contributed by atoms with van der Waals surface area (Å²) in [6.45, 7) is 0. The standard InChI is InChI=1S/C9H5IN4S/c10-7-4-2-1-3-6(7)8-13-14-5-11-12-9(14)15-8/h1-5H. The van der Waals surface area contributed by atoms with E-state index in [2.05, 4.69) is 50.0 Å². The summed E-state index contributed by atoms with van der Waals surface area (Å²) in [5.74, 6) is 0. The zero-order valence-electron chi connectivity index (χ0n) is 7.46. The first kappa shape index (κ1) is 9.22. The lowest BCUT2D eigenvalue weighted by molar-refractivity contribution is 0.959. The molecule has 0 aliphatic heterocycles. The first-order valence-corrected chi connectivity index (χ1v) is 6.16. The summed E-state index contributed by atoms with van der Waals surface area (Å²) in [7, 11) is 0. The fourth-order valence-corrected chi connectivity index (χ4v) is 2.99. The van der Waals surface area contributed by atoms with Crippen LogP contribution in [0.4, 0.5) is 0 Å². The Morgan fingerprint density at radius 3 is 2.93 bits per heavy atom. The molecule has 3 rings (SSSR count). The van der Waals surface area contributed by atoms with Crippen molar-refractivity contribution >= 4 is 38.9 Å². The van der Waals surface area contributed by atoms with Crippen LogP contribution in [0.5, 0.6) is 0 Å². The molecule has 0 N–H and O–H groups in total. The van der Waals surface area contributed by atoms with Gasteiger partial charge in [0.1, 0.15) is 11.3 Å². The van der Waals surface area contributed by atoms with Gasteiger partial charge in [-0.2, -0.15) is 9.61 Å². The van der Waals surface area contributed by atoms with Crippen molar-refractivity contribution in [3.05, 3.63) is 34.2 Å². The summed E-state index contributed by atoms with van der Waals surface area (Å²) in [5, 5.41) is 13.1. The third-order valence-corrected chi connectivity index (χ3v) is 3.88. The number of aromatic nitrogens is 4. The van der Waals surface area contributed by atoms with E-state index in [9.17, 15) is 0 Å². The Bertz CT molecular complexity index is 587. The first-order valence-electron chi connectivity index (χ1n) is 4.26. The smallest absolute Gasteiger partial charge is 0.190 e. The second-order valence-corrected chi connectivity index (χ2v) is 5.06. The van der Waals surface area contributed by atoms with Gasteiger partial charge < -0.3 is 0 Å². The van der Waals surface area contributed by atoms with Crippen molar-refractivity contribution in [2.45, 2.75) is 0 Å². The molecular formula is C9H5IN4S. The summed E-state index contributed by atoms with van der Waals surface area (Å²) in [5.41, 5.74) is 1.15. The maximum Gasteiger partial charge on any atom is 0.234 e. The molecule has 3 aromatic rings. The molecule has 0 fully saturated rings. The van der Waals surface area contributed by atoms with Gasteiger partial charge in [-0.15, -0.1) is 10.2 Å². The van der Waals surface area contributed by atoms with Crippen molar-refractivity contribution in [2.75, 3.05) is 0 Å². The molecule has 2 aromatic heterocycles. The minimum absolute atomic E-state index is 0.824. The van der Waals surface area contributed by atoms with Gasteiger partial charge >= 0.3 is 0 Å². The third-order valence-electron chi connectivity index (χ3n) is 1.99. The third kappa shape index (κ3) is 1.53. The lowest BCUT2D eigenvalue weighted by atomic mass is 10.2. The van der Waals surface area contributed by atoms with Crippen molar-refractivity contribution in [2.24, 2.45) is 0 Å². The van der Waals surface area contributed by atoms with Crippen LogP contribution in [0.2, 0.25) is 0 Å². The van der Waals surface area contributed by atoms with Gasteiger partial charge in [0.15, 0.2) is 0 Å². The Morgan fingerprint density at radius 1 is 1.27 bits per heavy atom. The number of fused-ring (bicyclic) bond motifs is 1. The second-order valence-electron chi connectivity index (χ2n) is 2.95. The molecule has 0 radical (unpaired) electrons. The minimum atomic E-state index is 0.824. The Balaban J connectivity index is 2.22. The minimum Gasteiger partial charge on any atom is -0.190 e. The van der Waals surface area contributed by atoms with Crippen LogP contribution >= 0.6 is 33.9 Å². The number of hydrogen-bond acceptors (Lipinski definition) is 4. The Hall–Kier alpha value is -1.02. The number of nitrogens with zero attached hydrogens (tertiary/aromatic N) is 4. The largest absolute Gasteiger partial charge is 0.234 e. The SMILES string of the molecule is Ic1ccccc1-c1nn2cnnc2s1. The van der Waals surface area contributed by atoms with Gasteiger partial charge in [-0.05, 0) is 28.7 Å². The van der Waals surface area contributed by atoms with Gasteiger partial charge in [-0.25, -0.2) is 0 Å². The van der Waals surface area contributed by atoms with Gasteiger partial charge in [-0.3, -0.25) is 0 Å². The average Bonchev–Trinajstić information content (AvgIpc) is 2.77. The quantitative estimate of drug-likeness (QED) is 0.645. The highest BCUT2D eigenvalue weighted by Crippen LogP contribution is 2.28.